The van der Waals surface area contributed by atoms with Crippen LogP contribution in [0.25, 0.3) is 0 Å². The summed E-state index contributed by atoms with van der Waals surface area (Å²) in [4.78, 5) is 0. The molecule has 0 aliphatic carbocycles. The van der Waals surface area contributed by atoms with E-state index in [1.165, 1.54) is 6.42 Å². The first-order chi connectivity index (χ1) is 5.74. The fraction of sp³-hybridized carbons (Fsp3) is 0.857. The molecular weight excluding hydrogens is 154 g/mol. The molecule has 1 N–H and O–H groups in total. The quantitative estimate of drug-likeness (QED) is 0.724. The standard InChI is InChI=1S/C7H15N5/c1-4-5-6(2)8-7-9-10-11-12(7)3/h6H,4-5H2,1-3H3,(H,8,9,11). The van der Waals surface area contributed by atoms with E-state index in [0.29, 0.717) is 6.04 Å². The maximum absolute atomic E-state index is 3.83. The van der Waals surface area contributed by atoms with E-state index in [1.54, 1.807) is 4.68 Å². The van der Waals surface area contributed by atoms with Gasteiger partial charge in [0.2, 0.25) is 5.95 Å². The molecule has 1 rings (SSSR count). The van der Waals surface area contributed by atoms with Gasteiger partial charge in [-0.05, 0) is 23.8 Å². The van der Waals surface area contributed by atoms with E-state index in [1.807, 2.05) is 7.05 Å². The molecule has 1 aromatic rings. The average molecular weight is 169 g/mol. The van der Waals surface area contributed by atoms with E-state index >= 15 is 0 Å². The molecule has 0 amide bonds. The number of aromatic nitrogens is 4. The van der Waals surface area contributed by atoms with E-state index in [-0.39, 0.29) is 0 Å². The maximum atomic E-state index is 3.83. The van der Waals surface area contributed by atoms with Crippen LogP contribution in [0.15, 0.2) is 0 Å². The molecule has 1 unspecified atom stereocenters. The first kappa shape index (κ1) is 8.96. The zero-order valence-corrected chi connectivity index (χ0v) is 7.78. The van der Waals surface area contributed by atoms with Crippen LogP contribution in [0, 0.1) is 0 Å². The van der Waals surface area contributed by atoms with Crippen molar-refractivity contribution in [3.63, 3.8) is 0 Å². The van der Waals surface area contributed by atoms with E-state index in [4.69, 9.17) is 0 Å². The third-order valence-corrected chi connectivity index (χ3v) is 1.72. The fourth-order valence-electron chi connectivity index (χ4n) is 1.08. The van der Waals surface area contributed by atoms with Crippen molar-refractivity contribution in [3.05, 3.63) is 0 Å². The molecule has 12 heavy (non-hydrogen) atoms. The van der Waals surface area contributed by atoms with E-state index in [9.17, 15) is 0 Å². The lowest BCUT2D eigenvalue weighted by Crippen LogP contribution is -2.17. The number of rotatable bonds is 4. The number of tetrazole rings is 1. The Morgan fingerprint density at radius 3 is 2.83 bits per heavy atom. The Morgan fingerprint density at radius 1 is 1.58 bits per heavy atom. The summed E-state index contributed by atoms with van der Waals surface area (Å²) in [5.74, 6) is 0.732. The van der Waals surface area contributed by atoms with Crippen LogP contribution in [-0.4, -0.2) is 26.2 Å². The molecule has 5 nitrogen and oxygen atoms in total. The lowest BCUT2D eigenvalue weighted by molar-refractivity contribution is 0.664. The number of nitrogens with one attached hydrogen (secondary N) is 1. The van der Waals surface area contributed by atoms with Gasteiger partial charge in [-0.15, -0.1) is 0 Å². The highest BCUT2D eigenvalue weighted by atomic mass is 15.6. The second-order valence-electron chi connectivity index (χ2n) is 2.96. The molecule has 0 saturated heterocycles. The minimum absolute atomic E-state index is 0.430. The predicted octanol–water partition coefficient (Wildman–Crippen LogP) is 0.811. The Bertz CT molecular complexity index is 231. The molecule has 1 atom stereocenters. The molecule has 0 bridgehead atoms. The first-order valence-corrected chi connectivity index (χ1v) is 4.23. The summed E-state index contributed by atoms with van der Waals surface area (Å²) in [6, 6.07) is 0.430. The second-order valence-corrected chi connectivity index (χ2v) is 2.96. The predicted molar refractivity (Wildman–Crippen MR) is 46.8 cm³/mol. The van der Waals surface area contributed by atoms with Crippen molar-refractivity contribution in [2.75, 3.05) is 5.32 Å². The van der Waals surface area contributed by atoms with Crippen LogP contribution in [0.2, 0.25) is 0 Å². The highest BCUT2D eigenvalue weighted by Gasteiger charge is 2.04. The fourth-order valence-corrected chi connectivity index (χ4v) is 1.08. The van der Waals surface area contributed by atoms with E-state index in [2.05, 4.69) is 34.7 Å². The molecule has 0 saturated carbocycles. The van der Waals surface area contributed by atoms with Crippen LogP contribution in [0.3, 0.4) is 0 Å². The van der Waals surface area contributed by atoms with Crippen LogP contribution in [0.1, 0.15) is 26.7 Å². The van der Waals surface area contributed by atoms with Gasteiger partial charge in [0, 0.05) is 13.1 Å². The highest BCUT2D eigenvalue weighted by molar-refractivity contribution is 5.22. The Morgan fingerprint density at radius 2 is 2.33 bits per heavy atom. The van der Waals surface area contributed by atoms with Gasteiger partial charge >= 0.3 is 0 Å². The Labute approximate surface area is 72.2 Å². The zero-order chi connectivity index (χ0) is 8.97. The van der Waals surface area contributed by atoms with Crippen molar-refractivity contribution in [3.8, 4) is 0 Å². The summed E-state index contributed by atoms with van der Waals surface area (Å²) in [5.41, 5.74) is 0. The van der Waals surface area contributed by atoms with Crippen LogP contribution >= 0.6 is 0 Å². The number of hydrogen-bond donors (Lipinski definition) is 1. The Hall–Kier alpha value is -1.13. The van der Waals surface area contributed by atoms with Gasteiger partial charge in [0.15, 0.2) is 0 Å². The SMILES string of the molecule is CCCC(C)Nc1nnnn1C. The zero-order valence-electron chi connectivity index (χ0n) is 7.78. The maximum Gasteiger partial charge on any atom is 0.242 e. The van der Waals surface area contributed by atoms with Crippen molar-refractivity contribution in [1.29, 1.82) is 0 Å². The normalized spacial score (nSPS) is 12.9. The third kappa shape index (κ3) is 2.18. The molecule has 0 aliphatic rings. The Balaban J connectivity index is 2.46. The van der Waals surface area contributed by atoms with Gasteiger partial charge in [-0.3, -0.25) is 0 Å². The van der Waals surface area contributed by atoms with Crippen molar-refractivity contribution in [2.24, 2.45) is 7.05 Å². The summed E-state index contributed by atoms with van der Waals surface area (Å²) < 4.78 is 1.63. The average Bonchev–Trinajstić information content (AvgIpc) is 2.37. The van der Waals surface area contributed by atoms with E-state index in [0.717, 1.165) is 12.4 Å². The number of nitrogens with zero attached hydrogens (tertiary/aromatic N) is 4. The summed E-state index contributed by atoms with van der Waals surface area (Å²) in [5, 5.41) is 14.3. The third-order valence-electron chi connectivity index (χ3n) is 1.72. The van der Waals surface area contributed by atoms with Crippen molar-refractivity contribution < 1.29 is 0 Å². The van der Waals surface area contributed by atoms with Gasteiger partial charge in [0.25, 0.3) is 0 Å². The smallest absolute Gasteiger partial charge is 0.242 e. The molecule has 0 aromatic carbocycles. The van der Waals surface area contributed by atoms with Crippen molar-refractivity contribution in [2.45, 2.75) is 32.7 Å². The number of anilines is 1. The van der Waals surface area contributed by atoms with Crippen LogP contribution in [0.4, 0.5) is 5.95 Å². The van der Waals surface area contributed by atoms with Gasteiger partial charge in [0.05, 0.1) is 0 Å². The van der Waals surface area contributed by atoms with Crippen LogP contribution in [0.5, 0.6) is 0 Å². The Kier molecular flexibility index (Phi) is 3.01. The minimum atomic E-state index is 0.430. The summed E-state index contributed by atoms with van der Waals surface area (Å²) >= 11 is 0. The monoisotopic (exact) mass is 169 g/mol. The lowest BCUT2D eigenvalue weighted by Gasteiger charge is -2.11. The summed E-state index contributed by atoms with van der Waals surface area (Å²) in [6.07, 6.45) is 2.30. The van der Waals surface area contributed by atoms with Gasteiger partial charge < -0.3 is 5.32 Å². The first-order valence-electron chi connectivity index (χ1n) is 4.23. The van der Waals surface area contributed by atoms with Gasteiger partial charge in [-0.2, -0.15) is 0 Å². The van der Waals surface area contributed by atoms with Crippen LogP contribution < -0.4 is 5.32 Å². The molecule has 68 valence electrons. The largest absolute Gasteiger partial charge is 0.351 e. The van der Waals surface area contributed by atoms with Crippen molar-refractivity contribution >= 4 is 5.95 Å². The van der Waals surface area contributed by atoms with Crippen molar-refractivity contribution in [1.82, 2.24) is 20.2 Å². The molecule has 0 fully saturated rings. The number of aryl methyl sites for hydroxylation is 1. The molecule has 0 spiro atoms. The highest BCUT2D eigenvalue weighted by Crippen LogP contribution is 2.03. The molecule has 1 heterocycles. The molecular formula is C7H15N5. The molecule has 0 aliphatic heterocycles. The molecule has 1 aromatic heterocycles. The number of hydrogen-bond acceptors (Lipinski definition) is 4. The molecule has 0 radical (unpaired) electrons. The van der Waals surface area contributed by atoms with Crippen LogP contribution in [-0.2, 0) is 7.05 Å². The topological polar surface area (TPSA) is 55.6 Å². The van der Waals surface area contributed by atoms with Gasteiger partial charge in [0.1, 0.15) is 0 Å². The van der Waals surface area contributed by atoms with Gasteiger partial charge in [-0.1, -0.05) is 18.4 Å². The summed E-state index contributed by atoms with van der Waals surface area (Å²) in [6.45, 7) is 4.28. The van der Waals surface area contributed by atoms with E-state index < -0.39 is 0 Å². The second kappa shape index (κ2) is 4.04. The lowest BCUT2D eigenvalue weighted by atomic mass is 10.2. The minimum Gasteiger partial charge on any atom is -0.351 e. The molecule has 5 heteroatoms. The van der Waals surface area contributed by atoms with Gasteiger partial charge in [-0.25, -0.2) is 4.68 Å². The summed E-state index contributed by atoms with van der Waals surface area (Å²) in [7, 11) is 1.82.